The molecular formula is C16H11BrFNO. The third-order valence-corrected chi connectivity index (χ3v) is 3.43. The van der Waals surface area contributed by atoms with Crippen LogP contribution in [0, 0.1) is 5.82 Å². The number of pyridine rings is 1. The van der Waals surface area contributed by atoms with E-state index in [1.165, 1.54) is 12.1 Å². The van der Waals surface area contributed by atoms with Gasteiger partial charge in [0.25, 0.3) is 0 Å². The predicted molar refractivity (Wildman–Crippen MR) is 80.2 cm³/mol. The highest BCUT2D eigenvalue weighted by Crippen LogP contribution is 2.23. The van der Waals surface area contributed by atoms with Crippen LogP contribution in [0.1, 0.15) is 5.56 Å². The number of hydrogen-bond acceptors (Lipinski definition) is 2. The lowest BCUT2D eigenvalue weighted by Crippen LogP contribution is -1.97. The number of nitrogens with zero attached hydrogens (tertiary/aromatic N) is 1. The molecule has 0 bridgehead atoms. The van der Waals surface area contributed by atoms with Crippen molar-refractivity contribution in [2.45, 2.75) is 6.61 Å². The van der Waals surface area contributed by atoms with Crippen LogP contribution in [0.5, 0.6) is 5.75 Å². The Morgan fingerprint density at radius 1 is 1.10 bits per heavy atom. The van der Waals surface area contributed by atoms with Crippen LogP contribution in [0.15, 0.2) is 59.2 Å². The molecule has 0 saturated carbocycles. The summed E-state index contributed by atoms with van der Waals surface area (Å²) in [6, 6.07) is 14.3. The number of hydrogen-bond donors (Lipinski definition) is 0. The van der Waals surface area contributed by atoms with Crippen LogP contribution in [-0.2, 0) is 6.61 Å². The van der Waals surface area contributed by atoms with Gasteiger partial charge in [0, 0.05) is 27.7 Å². The lowest BCUT2D eigenvalue weighted by Gasteiger charge is -2.09. The molecule has 0 amide bonds. The van der Waals surface area contributed by atoms with Crippen LogP contribution in [0.25, 0.3) is 10.9 Å². The molecule has 0 aliphatic carbocycles. The van der Waals surface area contributed by atoms with E-state index in [2.05, 4.69) is 20.9 Å². The zero-order chi connectivity index (χ0) is 13.9. The Kier molecular flexibility index (Phi) is 3.65. The molecule has 0 radical (unpaired) electrons. The van der Waals surface area contributed by atoms with Gasteiger partial charge in [-0.25, -0.2) is 4.39 Å². The number of para-hydroxylation sites is 1. The van der Waals surface area contributed by atoms with E-state index >= 15 is 0 Å². The van der Waals surface area contributed by atoms with Gasteiger partial charge in [0.15, 0.2) is 0 Å². The predicted octanol–water partition coefficient (Wildman–Crippen LogP) is 4.72. The van der Waals surface area contributed by atoms with Crippen LogP contribution in [-0.4, -0.2) is 4.98 Å². The molecule has 4 heteroatoms. The Morgan fingerprint density at radius 3 is 2.80 bits per heavy atom. The summed E-state index contributed by atoms with van der Waals surface area (Å²) in [5.74, 6) is 0.173. The molecule has 2 nitrogen and oxygen atoms in total. The first kappa shape index (κ1) is 13.1. The molecule has 0 spiro atoms. The minimum absolute atomic E-state index is 0.325. The number of halogens is 2. The van der Waals surface area contributed by atoms with Gasteiger partial charge in [-0.1, -0.05) is 34.1 Å². The summed E-state index contributed by atoms with van der Waals surface area (Å²) in [7, 11) is 0. The molecule has 0 saturated heterocycles. The molecule has 100 valence electrons. The standard InChI is InChI=1S/C16H11BrFNO/c17-12-7-13(18)9-14(8-12)20-10-11-5-6-19-16-4-2-1-3-15(11)16/h1-9H,10H2. The van der Waals surface area contributed by atoms with Crippen LogP contribution in [0.2, 0.25) is 0 Å². The minimum atomic E-state index is -0.325. The smallest absolute Gasteiger partial charge is 0.128 e. The fourth-order valence-corrected chi connectivity index (χ4v) is 2.50. The zero-order valence-corrected chi connectivity index (χ0v) is 12.1. The highest BCUT2D eigenvalue weighted by molar-refractivity contribution is 9.10. The Hall–Kier alpha value is -1.94. The van der Waals surface area contributed by atoms with Gasteiger partial charge in [0.05, 0.1) is 5.52 Å². The second kappa shape index (κ2) is 5.59. The fraction of sp³-hybridized carbons (Fsp3) is 0.0625. The van der Waals surface area contributed by atoms with Crippen molar-refractivity contribution in [3.05, 3.63) is 70.6 Å². The normalized spacial score (nSPS) is 10.7. The van der Waals surface area contributed by atoms with E-state index in [-0.39, 0.29) is 5.82 Å². The lowest BCUT2D eigenvalue weighted by molar-refractivity contribution is 0.306. The first-order valence-electron chi connectivity index (χ1n) is 6.14. The largest absolute Gasteiger partial charge is 0.489 e. The summed E-state index contributed by atoms with van der Waals surface area (Å²) in [6.45, 7) is 0.374. The van der Waals surface area contributed by atoms with Gasteiger partial charge >= 0.3 is 0 Å². The molecule has 0 aliphatic heterocycles. The van der Waals surface area contributed by atoms with Crippen molar-refractivity contribution < 1.29 is 9.13 Å². The van der Waals surface area contributed by atoms with Crippen molar-refractivity contribution in [1.82, 2.24) is 4.98 Å². The van der Waals surface area contributed by atoms with Crippen molar-refractivity contribution in [2.24, 2.45) is 0 Å². The number of fused-ring (bicyclic) bond motifs is 1. The Balaban J connectivity index is 1.87. The van der Waals surface area contributed by atoms with Crippen molar-refractivity contribution in [2.75, 3.05) is 0 Å². The molecule has 0 N–H and O–H groups in total. The van der Waals surface area contributed by atoms with Crippen LogP contribution < -0.4 is 4.74 Å². The number of ether oxygens (including phenoxy) is 1. The zero-order valence-electron chi connectivity index (χ0n) is 10.5. The van der Waals surface area contributed by atoms with Crippen LogP contribution >= 0.6 is 15.9 Å². The van der Waals surface area contributed by atoms with E-state index in [9.17, 15) is 4.39 Å². The Morgan fingerprint density at radius 2 is 1.95 bits per heavy atom. The Labute approximate surface area is 124 Å². The van der Waals surface area contributed by atoms with E-state index in [4.69, 9.17) is 4.74 Å². The van der Waals surface area contributed by atoms with Crippen molar-refractivity contribution in [3.8, 4) is 5.75 Å². The van der Waals surface area contributed by atoms with Gasteiger partial charge in [-0.3, -0.25) is 4.98 Å². The first-order chi connectivity index (χ1) is 9.72. The molecule has 1 heterocycles. The summed E-state index contributed by atoms with van der Waals surface area (Å²) in [5, 5.41) is 1.05. The van der Waals surface area contributed by atoms with Crippen LogP contribution in [0.4, 0.5) is 4.39 Å². The second-order valence-electron chi connectivity index (χ2n) is 4.38. The van der Waals surface area contributed by atoms with Gasteiger partial charge in [0.2, 0.25) is 0 Å². The molecule has 0 aliphatic rings. The molecule has 3 rings (SSSR count). The highest BCUT2D eigenvalue weighted by Gasteiger charge is 2.04. The average molecular weight is 332 g/mol. The topological polar surface area (TPSA) is 22.1 Å². The minimum Gasteiger partial charge on any atom is -0.489 e. The van der Waals surface area contributed by atoms with Gasteiger partial charge in [-0.2, -0.15) is 0 Å². The first-order valence-corrected chi connectivity index (χ1v) is 6.93. The van der Waals surface area contributed by atoms with E-state index in [1.54, 1.807) is 12.3 Å². The third kappa shape index (κ3) is 2.80. The van der Waals surface area contributed by atoms with Crippen molar-refractivity contribution >= 4 is 26.8 Å². The second-order valence-corrected chi connectivity index (χ2v) is 5.30. The third-order valence-electron chi connectivity index (χ3n) is 2.97. The maximum atomic E-state index is 13.3. The Bertz CT molecular complexity index is 735. The van der Waals surface area contributed by atoms with Crippen molar-refractivity contribution in [1.29, 1.82) is 0 Å². The highest BCUT2D eigenvalue weighted by atomic mass is 79.9. The lowest BCUT2D eigenvalue weighted by atomic mass is 10.1. The number of rotatable bonds is 3. The summed E-state index contributed by atoms with van der Waals surface area (Å²) >= 11 is 3.25. The van der Waals surface area contributed by atoms with Gasteiger partial charge in [0.1, 0.15) is 18.2 Å². The van der Waals surface area contributed by atoms with Crippen LogP contribution in [0.3, 0.4) is 0 Å². The van der Waals surface area contributed by atoms with E-state index in [1.807, 2.05) is 30.3 Å². The maximum Gasteiger partial charge on any atom is 0.128 e. The van der Waals surface area contributed by atoms with Crippen molar-refractivity contribution in [3.63, 3.8) is 0 Å². The van der Waals surface area contributed by atoms with E-state index < -0.39 is 0 Å². The number of aromatic nitrogens is 1. The van der Waals surface area contributed by atoms with Gasteiger partial charge in [-0.05, 0) is 24.3 Å². The molecule has 20 heavy (non-hydrogen) atoms. The van der Waals surface area contributed by atoms with Gasteiger partial charge < -0.3 is 4.74 Å². The van der Waals surface area contributed by atoms with E-state index in [0.717, 1.165) is 16.5 Å². The molecule has 2 aromatic carbocycles. The molecular weight excluding hydrogens is 321 g/mol. The van der Waals surface area contributed by atoms with E-state index in [0.29, 0.717) is 16.8 Å². The fourth-order valence-electron chi connectivity index (χ4n) is 2.05. The molecule has 0 fully saturated rings. The maximum absolute atomic E-state index is 13.3. The summed E-state index contributed by atoms with van der Waals surface area (Å²) in [5.41, 5.74) is 1.95. The average Bonchev–Trinajstić information content (AvgIpc) is 2.44. The summed E-state index contributed by atoms with van der Waals surface area (Å²) in [6.07, 6.45) is 1.75. The van der Waals surface area contributed by atoms with Gasteiger partial charge in [-0.15, -0.1) is 0 Å². The quantitative estimate of drug-likeness (QED) is 0.693. The molecule has 3 aromatic rings. The molecule has 0 atom stereocenters. The summed E-state index contributed by atoms with van der Waals surface area (Å²) in [4.78, 5) is 4.30. The molecule has 0 unspecified atom stereocenters. The molecule has 1 aromatic heterocycles. The summed E-state index contributed by atoms with van der Waals surface area (Å²) < 4.78 is 19.6. The number of benzene rings is 2. The SMILES string of the molecule is Fc1cc(Br)cc(OCc2ccnc3ccccc23)c1. The monoisotopic (exact) mass is 331 g/mol.